The van der Waals surface area contributed by atoms with Crippen LogP contribution < -0.4 is 10.7 Å². The first-order chi connectivity index (χ1) is 9.20. The number of benzene rings is 1. The highest BCUT2D eigenvalue weighted by Crippen LogP contribution is 2.36. The number of hydrogen-bond acceptors (Lipinski definition) is 4. The summed E-state index contributed by atoms with van der Waals surface area (Å²) in [6.07, 6.45) is 2.49. The maximum atomic E-state index is 11.9. The van der Waals surface area contributed by atoms with Crippen molar-refractivity contribution >= 4 is 35.5 Å². The first-order valence-electron chi connectivity index (χ1n) is 6.07. The second kappa shape index (κ2) is 6.38. The van der Waals surface area contributed by atoms with Crippen LogP contribution in [-0.4, -0.2) is 23.3 Å². The van der Waals surface area contributed by atoms with Crippen molar-refractivity contribution in [2.75, 3.05) is 5.32 Å². The number of hydrogen-bond donors (Lipinski definition) is 2. The van der Waals surface area contributed by atoms with Crippen LogP contribution in [0.1, 0.15) is 19.8 Å². The van der Waals surface area contributed by atoms with Crippen LogP contribution in [0.25, 0.3) is 0 Å². The van der Waals surface area contributed by atoms with Gasteiger partial charge in [-0.15, -0.1) is 11.8 Å². The Morgan fingerprint density at radius 2 is 2.32 bits per heavy atom. The van der Waals surface area contributed by atoms with Gasteiger partial charge >= 0.3 is 0 Å². The molecule has 0 radical (unpaired) electrons. The summed E-state index contributed by atoms with van der Waals surface area (Å²) in [4.78, 5) is 24.5. The van der Waals surface area contributed by atoms with E-state index in [1.807, 2.05) is 31.2 Å². The third-order valence-electron chi connectivity index (χ3n) is 2.54. The lowest BCUT2D eigenvalue weighted by atomic mass is 10.2. The minimum Gasteiger partial charge on any atom is -0.324 e. The van der Waals surface area contributed by atoms with Gasteiger partial charge in [0.15, 0.2) is 0 Å². The molecule has 100 valence electrons. The maximum Gasteiger partial charge on any atom is 0.241 e. The van der Waals surface area contributed by atoms with E-state index in [-0.39, 0.29) is 18.2 Å². The molecule has 2 rings (SSSR count). The molecule has 0 bridgehead atoms. The van der Waals surface area contributed by atoms with E-state index >= 15 is 0 Å². The van der Waals surface area contributed by atoms with E-state index in [9.17, 15) is 9.59 Å². The molecule has 0 aromatic heterocycles. The quantitative estimate of drug-likeness (QED) is 0.653. The summed E-state index contributed by atoms with van der Waals surface area (Å²) < 4.78 is 0. The van der Waals surface area contributed by atoms with E-state index in [4.69, 9.17) is 0 Å². The minimum atomic E-state index is -0.410. The number of nitrogens with zero attached hydrogens (tertiary/aromatic N) is 1. The molecule has 19 heavy (non-hydrogen) atoms. The van der Waals surface area contributed by atoms with E-state index in [0.29, 0.717) is 0 Å². The lowest BCUT2D eigenvalue weighted by molar-refractivity contribution is -0.124. The summed E-state index contributed by atoms with van der Waals surface area (Å²) in [5, 5.41) is 6.15. The molecular weight excluding hydrogens is 262 g/mol. The molecule has 0 saturated carbocycles. The van der Waals surface area contributed by atoms with Crippen molar-refractivity contribution in [1.29, 1.82) is 0 Å². The Morgan fingerprint density at radius 1 is 1.53 bits per heavy atom. The first kappa shape index (κ1) is 13.6. The SMILES string of the molecule is CC/C=N/NC(=O)CC1Sc2ccccc2NC1=O. The number of hydrazone groups is 1. The summed E-state index contributed by atoms with van der Waals surface area (Å²) in [6, 6.07) is 7.56. The predicted octanol–water partition coefficient (Wildman–Crippen LogP) is 2.00. The molecule has 2 N–H and O–H groups in total. The molecule has 1 unspecified atom stereocenters. The minimum absolute atomic E-state index is 0.117. The fourth-order valence-corrected chi connectivity index (χ4v) is 2.76. The second-order valence-electron chi connectivity index (χ2n) is 4.05. The average Bonchev–Trinajstić information content (AvgIpc) is 2.40. The van der Waals surface area contributed by atoms with Crippen LogP contribution in [0, 0.1) is 0 Å². The Hall–Kier alpha value is -1.82. The lowest BCUT2D eigenvalue weighted by Crippen LogP contribution is -2.33. The van der Waals surface area contributed by atoms with Crippen molar-refractivity contribution in [3.63, 3.8) is 0 Å². The molecule has 0 fully saturated rings. The zero-order chi connectivity index (χ0) is 13.7. The Morgan fingerprint density at radius 3 is 3.11 bits per heavy atom. The number of carbonyl (C=O) groups is 2. The zero-order valence-electron chi connectivity index (χ0n) is 10.6. The topological polar surface area (TPSA) is 70.6 Å². The summed E-state index contributed by atoms with van der Waals surface area (Å²) >= 11 is 1.41. The number of anilines is 1. The normalized spacial score (nSPS) is 17.9. The molecule has 0 saturated heterocycles. The highest BCUT2D eigenvalue weighted by molar-refractivity contribution is 8.01. The van der Waals surface area contributed by atoms with Gasteiger partial charge in [-0.25, -0.2) is 5.43 Å². The number of carbonyl (C=O) groups excluding carboxylic acids is 2. The number of para-hydroxylation sites is 1. The molecule has 1 aromatic carbocycles. The van der Waals surface area contributed by atoms with Gasteiger partial charge in [0.1, 0.15) is 0 Å². The zero-order valence-corrected chi connectivity index (χ0v) is 11.4. The Labute approximate surface area is 115 Å². The second-order valence-corrected chi connectivity index (χ2v) is 5.30. The molecule has 5 nitrogen and oxygen atoms in total. The molecule has 1 atom stereocenters. The third-order valence-corrected chi connectivity index (χ3v) is 3.82. The Kier molecular flexibility index (Phi) is 4.57. The highest BCUT2D eigenvalue weighted by atomic mass is 32.2. The monoisotopic (exact) mass is 277 g/mol. The third kappa shape index (κ3) is 3.57. The van der Waals surface area contributed by atoms with Crippen LogP contribution in [0.4, 0.5) is 5.69 Å². The van der Waals surface area contributed by atoms with E-state index in [1.54, 1.807) is 6.21 Å². The smallest absolute Gasteiger partial charge is 0.241 e. The van der Waals surface area contributed by atoms with Crippen LogP contribution in [0.3, 0.4) is 0 Å². The van der Waals surface area contributed by atoms with Crippen molar-refractivity contribution in [3.8, 4) is 0 Å². The van der Waals surface area contributed by atoms with Gasteiger partial charge in [-0.3, -0.25) is 9.59 Å². The van der Waals surface area contributed by atoms with Gasteiger partial charge < -0.3 is 5.32 Å². The molecule has 6 heteroatoms. The van der Waals surface area contributed by atoms with Crippen molar-refractivity contribution in [2.45, 2.75) is 29.9 Å². The van der Waals surface area contributed by atoms with Gasteiger partial charge in [0.2, 0.25) is 11.8 Å². The predicted molar refractivity (Wildman–Crippen MR) is 76.3 cm³/mol. The van der Waals surface area contributed by atoms with Gasteiger partial charge in [-0.05, 0) is 18.6 Å². The van der Waals surface area contributed by atoms with E-state index in [0.717, 1.165) is 17.0 Å². The van der Waals surface area contributed by atoms with Gasteiger partial charge in [0.05, 0.1) is 10.9 Å². The Balaban J connectivity index is 1.97. The van der Waals surface area contributed by atoms with Gasteiger partial charge in [-0.1, -0.05) is 19.1 Å². The number of amides is 2. The van der Waals surface area contributed by atoms with Crippen LogP contribution in [-0.2, 0) is 9.59 Å². The maximum absolute atomic E-state index is 11.9. The first-order valence-corrected chi connectivity index (χ1v) is 6.95. The van der Waals surface area contributed by atoms with Gasteiger partial charge in [0.25, 0.3) is 0 Å². The number of rotatable bonds is 4. The Bertz CT molecular complexity index is 516. The summed E-state index contributed by atoms with van der Waals surface area (Å²) in [6.45, 7) is 1.93. The van der Waals surface area contributed by atoms with Crippen LogP contribution in [0.5, 0.6) is 0 Å². The molecule has 1 heterocycles. The fourth-order valence-electron chi connectivity index (χ4n) is 1.65. The van der Waals surface area contributed by atoms with Gasteiger partial charge in [-0.2, -0.15) is 5.10 Å². The fraction of sp³-hybridized carbons (Fsp3) is 0.308. The summed E-state index contributed by atoms with van der Waals surface area (Å²) in [5.41, 5.74) is 3.22. The number of fused-ring (bicyclic) bond motifs is 1. The van der Waals surface area contributed by atoms with Crippen molar-refractivity contribution in [3.05, 3.63) is 24.3 Å². The molecule has 1 aliphatic rings. The molecule has 1 aliphatic heterocycles. The van der Waals surface area contributed by atoms with Gasteiger partial charge in [0, 0.05) is 17.5 Å². The van der Waals surface area contributed by atoms with Crippen molar-refractivity contribution < 1.29 is 9.59 Å². The van der Waals surface area contributed by atoms with Crippen LogP contribution in [0.15, 0.2) is 34.3 Å². The van der Waals surface area contributed by atoms with Crippen molar-refractivity contribution in [2.24, 2.45) is 5.10 Å². The molecule has 2 amide bonds. The number of thioether (sulfide) groups is 1. The van der Waals surface area contributed by atoms with E-state index < -0.39 is 5.25 Å². The highest BCUT2D eigenvalue weighted by Gasteiger charge is 2.28. The van der Waals surface area contributed by atoms with E-state index in [1.165, 1.54) is 11.8 Å². The summed E-state index contributed by atoms with van der Waals surface area (Å²) in [7, 11) is 0. The van der Waals surface area contributed by atoms with Crippen molar-refractivity contribution in [1.82, 2.24) is 5.43 Å². The summed E-state index contributed by atoms with van der Waals surface area (Å²) in [5.74, 6) is -0.393. The van der Waals surface area contributed by atoms with Crippen LogP contribution >= 0.6 is 11.8 Å². The molecule has 0 aliphatic carbocycles. The molecular formula is C13H15N3O2S. The van der Waals surface area contributed by atoms with E-state index in [2.05, 4.69) is 15.8 Å². The number of nitrogens with one attached hydrogen (secondary N) is 2. The molecule has 1 aromatic rings. The standard InChI is InChI=1S/C13H15N3O2S/c1-2-7-14-16-12(17)8-11-13(18)15-9-5-3-4-6-10(9)19-11/h3-7,11H,2,8H2,1H3,(H,15,18)(H,16,17)/b14-7+. The largest absolute Gasteiger partial charge is 0.324 e. The molecule has 0 spiro atoms. The lowest BCUT2D eigenvalue weighted by Gasteiger charge is -2.23. The average molecular weight is 277 g/mol. The van der Waals surface area contributed by atoms with Crippen LogP contribution in [0.2, 0.25) is 0 Å².